The zero-order valence-corrected chi connectivity index (χ0v) is 13.6. The van der Waals surface area contributed by atoms with Crippen molar-refractivity contribution in [3.8, 4) is 0 Å². The Labute approximate surface area is 140 Å². The quantitative estimate of drug-likeness (QED) is 0.712. The molecule has 2 rings (SSSR count). The standard InChI is InChI=1S/C18H23F2NO3/c19-13-7-8-14(15(20)12-13)18(9-3-4-10-18)17(24)21-11-5-1-2-6-16(22)23/h7-8,12H,1-6,9-11H2,(H,21,24)(H,22,23). The normalized spacial score (nSPS) is 16.1. The number of carboxylic acid groups (broad SMARTS) is 1. The van der Waals surface area contributed by atoms with Crippen LogP contribution in [-0.4, -0.2) is 23.5 Å². The first kappa shape index (κ1) is 18.4. The fourth-order valence-corrected chi connectivity index (χ4v) is 3.42. The summed E-state index contributed by atoms with van der Waals surface area (Å²) in [7, 11) is 0. The van der Waals surface area contributed by atoms with Gasteiger partial charge in [-0.1, -0.05) is 25.3 Å². The minimum Gasteiger partial charge on any atom is -0.481 e. The molecule has 0 saturated heterocycles. The van der Waals surface area contributed by atoms with Crippen LogP contribution in [0.2, 0.25) is 0 Å². The first-order valence-electron chi connectivity index (χ1n) is 8.41. The Bertz CT molecular complexity index is 598. The first-order valence-corrected chi connectivity index (χ1v) is 8.41. The van der Waals surface area contributed by atoms with Gasteiger partial charge in [0.2, 0.25) is 5.91 Å². The van der Waals surface area contributed by atoms with Crippen LogP contribution in [0.25, 0.3) is 0 Å². The Hall–Kier alpha value is -1.98. The molecule has 1 aromatic rings. The zero-order chi connectivity index (χ0) is 17.6. The van der Waals surface area contributed by atoms with Crippen LogP contribution in [0.15, 0.2) is 18.2 Å². The molecule has 2 N–H and O–H groups in total. The van der Waals surface area contributed by atoms with Crippen molar-refractivity contribution >= 4 is 11.9 Å². The maximum Gasteiger partial charge on any atom is 0.303 e. The molecular formula is C18H23F2NO3. The van der Waals surface area contributed by atoms with Gasteiger partial charge in [-0.3, -0.25) is 9.59 Å². The second-order valence-electron chi connectivity index (χ2n) is 6.37. The Morgan fingerprint density at radius 1 is 1.12 bits per heavy atom. The van der Waals surface area contributed by atoms with E-state index < -0.39 is 23.0 Å². The van der Waals surface area contributed by atoms with E-state index in [0.29, 0.717) is 38.6 Å². The van der Waals surface area contributed by atoms with Crippen molar-refractivity contribution in [2.24, 2.45) is 0 Å². The van der Waals surface area contributed by atoms with E-state index >= 15 is 0 Å². The molecule has 1 aliphatic carbocycles. The van der Waals surface area contributed by atoms with E-state index in [1.54, 1.807) is 0 Å². The van der Waals surface area contributed by atoms with Crippen molar-refractivity contribution in [3.05, 3.63) is 35.4 Å². The van der Waals surface area contributed by atoms with E-state index in [2.05, 4.69) is 5.32 Å². The second-order valence-corrected chi connectivity index (χ2v) is 6.37. The van der Waals surface area contributed by atoms with E-state index in [1.165, 1.54) is 12.1 Å². The summed E-state index contributed by atoms with van der Waals surface area (Å²) in [6, 6.07) is 3.40. The van der Waals surface area contributed by atoms with Crippen LogP contribution in [0.1, 0.15) is 56.9 Å². The average molecular weight is 339 g/mol. The van der Waals surface area contributed by atoms with Crippen LogP contribution in [0.3, 0.4) is 0 Å². The molecule has 0 radical (unpaired) electrons. The maximum atomic E-state index is 14.2. The maximum absolute atomic E-state index is 14.2. The molecule has 0 spiro atoms. The lowest BCUT2D eigenvalue weighted by molar-refractivity contribution is -0.137. The fraction of sp³-hybridized carbons (Fsp3) is 0.556. The zero-order valence-electron chi connectivity index (χ0n) is 13.6. The number of halogens is 2. The topological polar surface area (TPSA) is 66.4 Å². The molecule has 0 unspecified atom stereocenters. The van der Waals surface area contributed by atoms with Crippen LogP contribution < -0.4 is 5.32 Å². The molecule has 1 aromatic carbocycles. The molecule has 1 saturated carbocycles. The summed E-state index contributed by atoms with van der Waals surface area (Å²) in [4.78, 5) is 23.1. The van der Waals surface area contributed by atoms with Gasteiger partial charge in [0.05, 0.1) is 5.41 Å². The minimum atomic E-state index is -0.918. The Balaban J connectivity index is 1.97. The average Bonchev–Trinajstić information content (AvgIpc) is 3.01. The van der Waals surface area contributed by atoms with Crippen molar-refractivity contribution in [2.75, 3.05) is 6.54 Å². The van der Waals surface area contributed by atoms with Gasteiger partial charge in [0, 0.05) is 24.6 Å². The number of carbonyl (C=O) groups is 2. The molecule has 24 heavy (non-hydrogen) atoms. The Morgan fingerprint density at radius 2 is 1.83 bits per heavy atom. The highest BCUT2D eigenvalue weighted by Crippen LogP contribution is 2.42. The summed E-state index contributed by atoms with van der Waals surface area (Å²) in [5, 5.41) is 11.4. The van der Waals surface area contributed by atoms with Crippen molar-refractivity contribution in [1.82, 2.24) is 5.32 Å². The number of amides is 1. The number of rotatable bonds is 8. The van der Waals surface area contributed by atoms with Gasteiger partial charge in [0.1, 0.15) is 11.6 Å². The number of hydrogen-bond donors (Lipinski definition) is 2. The number of hydrogen-bond acceptors (Lipinski definition) is 2. The van der Waals surface area contributed by atoms with Crippen molar-refractivity contribution in [2.45, 2.75) is 56.8 Å². The summed E-state index contributed by atoms with van der Waals surface area (Å²) in [5.74, 6) is -2.36. The number of carbonyl (C=O) groups excluding carboxylic acids is 1. The fourth-order valence-electron chi connectivity index (χ4n) is 3.42. The number of nitrogens with one attached hydrogen (secondary N) is 1. The van der Waals surface area contributed by atoms with Crippen LogP contribution in [0.5, 0.6) is 0 Å². The monoisotopic (exact) mass is 339 g/mol. The molecule has 6 heteroatoms. The lowest BCUT2D eigenvalue weighted by Gasteiger charge is -2.28. The first-order chi connectivity index (χ1) is 11.5. The number of unbranched alkanes of at least 4 members (excludes halogenated alkanes) is 2. The molecule has 0 aliphatic heterocycles. The van der Waals surface area contributed by atoms with Gasteiger partial charge in [-0.05, 0) is 31.7 Å². The predicted molar refractivity (Wildman–Crippen MR) is 85.6 cm³/mol. The molecule has 1 aliphatic rings. The van der Waals surface area contributed by atoms with Crippen LogP contribution in [-0.2, 0) is 15.0 Å². The molecule has 0 aromatic heterocycles. The third-order valence-electron chi connectivity index (χ3n) is 4.69. The highest BCUT2D eigenvalue weighted by atomic mass is 19.1. The third-order valence-corrected chi connectivity index (χ3v) is 4.69. The van der Waals surface area contributed by atoms with E-state index in [9.17, 15) is 18.4 Å². The van der Waals surface area contributed by atoms with Crippen molar-refractivity contribution in [1.29, 1.82) is 0 Å². The van der Waals surface area contributed by atoms with Gasteiger partial charge < -0.3 is 10.4 Å². The van der Waals surface area contributed by atoms with Gasteiger partial charge in [0.25, 0.3) is 0 Å². The molecule has 1 amide bonds. The van der Waals surface area contributed by atoms with E-state index in [0.717, 1.165) is 18.9 Å². The van der Waals surface area contributed by atoms with Crippen molar-refractivity contribution in [3.63, 3.8) is 0 Å². The highest BCUT2D eigenvalue weighted by Gasteiger charge is 2.44. The lowest BCUT2D eigenvalue weighted by Crippen LogP contribution is -2.43. The van der Waals surface area contributed by atoms with Gasteiger partial charge in [-0.2, -0.15) is 0 Å². The summed E-state index contributed by atoms with van der Waals surface area (Å²) in [6.45, 7) is 0.434. The number of carboxylic acids is 1. The van der Waals surface area contributed by atoms with Gasteiger partial charge in [0.15, 0.2) is 0 Å². The number of benzene rings is 1. The van der Waals surface area contributed by atoms with Crippen LogP contribution in [0, 0.1) is 11.6 Å². The predicted octanol–water partition coefficient (Wildman–Crippen LogP) is 3.54. The number of aliphatic carboxylic acids is 1. The van der Waals surface area contributed by atoms with Crippen LogP contribution in [0.4, 0.5) is 8.78 Å². The van der Waals surface area contributed by atoms with Gasteiger partial charge >= 0.3 is 5.97 Å². The highest BCUT2D eigenvalue weighted by molar-refractivity contribution is 5.88. The summed E-state index contributed by atoms with van der Waals surface area (Å²) >= 11 is 0. The molecule has 0 heterocycles. The summed E-state index contributed by atoms with van der Waals surface area (Å²) in [5.41, 5.74) is -0.649. The molecule has 1 fully saturated rings. The van der Waals surface area contributed by atoms with Crippen LogP contribution >= 0.6 is 0 Å². The SMILES string of the molecule is O=C(O)CCCCCNC(=O)C1(c2ccc(F)cc2F)CCCC1. The molecule has 132 valence electrons. The molecular weight excluding hydrogens is 316 g/mol. The Kier molecular flexibility index (Phi) is 6.29. The second kappa shape index (κ2) is 8.22. The summed E-state index contributed by atoms with van der Waals surface area (Å²) < 4.78 is 27.4. The molecule has 4 nitrogen and oxygen atoms in total. The largest absolute Gasteiger partial charge is 0.481 e. The van der Waals surface area contributed by atoms with Gasteiger partial charge in [-0.15, -0.1) is 0 Å². The van der Waals surface area contributed by atoms with Gasteiger partial charge in [-0.25, -0.2) is 8.78 Å². The van der Waals surface area contributed by atoms with Crippen molar-refractivity contribution < 1.29 is 23.5 Å². The van der Waals surface area contributed by atoms with E-state index in [4.69, 9.17) is 5.11 Å². The smallest absolute Gasteiger partial charge is 0.303 e. The molecule has 0 bridgehead atoms. The minimum absolute atomic E-state index is 0.124. The molecule has 0 atom stereocenters. The summed E-state index contributed by atoms with van der Waals surface area (Å²) in [6.07, 6.45) is 4.87. The Morgan fingerprint density at radius 3 is 2.46 bits per heavy atom. The van der Waals surface area contributed by atoms with E-state index in [-0.39, 0.29) is 17.9 Å². The third kappa shape index (κ3) is 4.30. The van der Waals surface area contributed by atoms with E-state index in [1.807, 2.05) is 0 Å². The lowest BCUT2D eigenvalue weighted by atomic mass is 9.77.